The smallest absolute Gasteiger partial charge is 0.240 e. The van der Waals surface area contributed by atoms with Gasteiger partial charge in [-0.15, -0.1) is 11.3 Å². The van der Waals surface area contributed by atoms with Crippen LogP contribution in [0, 0.1) is 0 Å². The van der Waals surface area contributed by atoms with E-state index >= 15 is 0 Å². The van der Waals surface area contributed by atoms with Gasteiger partial charge in [-0.25, -0.2) is 4.98 Å². The first-order valence-corrected chi connectivity index (χ1v) is 4.54. The van der Waals surface area contributed by atoms with Crippen LogP contribution in [0.25, 0.3) is 10.2 Å². The third-order valence-electron chi connectivity index (χ3n) is 1.74. The van der Waals surface area contributed by atoms with Gasteiger partial charge >= 0.3 is 0 Å². The van der Waals surface area contributed by atoms with Crippen molar-refractivity contribution in [1.82, 2.24) is 10.2 Å². The fourth-order valence-corrected chi connectivity index (χ4v) is 1.85. The molecule has 0 aliphatic rings. The number of nitrogens with zero attached hydrogens (tertiary/aromatic N) is 1. The highest BCUT2D eigenvalue weighted by Crippen LogP contribution is 2.20. The maximum Gasteiger partial charge on any atom is 0.240 e. The molecule has 0 aliphatic heterocycles. The average molecular weight is 188 g/mol. The van der Waals surface area contributed by atoms with Crippen LogP contribution >= 0.6 is 11.3 Å². The second kappa shape index (κ2) is 3.18. The second-order valence-electron chi connectivity index (χ2n) is 2.48. The summed E-state index contributed by atoms with van der Waals surface area (Å²) in [5, 5.41) is 2.09. The number of benzene rings is 1. The molecule has 1 N–H and O–H groups in total. The normalized spacial score (nSPS) is 10.2. The first kappa shape index (κ1) is 8.25. The molecule has 0 atom stereocenters. The molecule has 0 aliphatic carbocycles. The number of carbonyl (C=O) groups is 1. The lowest BCUT2D eigenvalue weighted by molar-refractivity contribution is 0.0983. The van der Waals surface area contributed by atoms with Gasteiger partial charge in [0.25, 0.3) is 0 Å². The number of rotatable bonds is 1. The number of carbonyl (C=O) groups excluding carboxylic acids is 1. The Morgan fingerprint density at radius 1 is 1.54 bits per heavy atom. The summed E-state index contributed by atoms with van der Waals surface area (Å²) in [6, 6.07) is 5.43. The molecule has 1 aromatic heterocycles. The lowest BCUT2D eigenvalue weighted by Crippen LogP contribution is -2.19. The zero-order valence-corrected chi connectivity index (χ0v) is 7.47. The SMILES string of the molecule is [B]NC(=O)c1cccc2scnc12. The highest BCUT2D eigenvalue weighted by atomic mass is 32.1. The van der Waals surface area contributed by atoms with Crippen LogP contribution in [0.4, 0.5) is 0 Å². The van der Waals surface area contributed by atoms with Crippen molar-refractivity contribution < 1.29 is 4.79 Å². The van der Waals surface area contributed by atoms with Crippen LogP contribution in [0.5, 0.6) is 0 Å². The van der Waals surface area contributed by atoms with E-state index in [1.54, 1.807) is 11.6 Å². The lowest BCUT2D eigenvalue weighted by Gasteiger charge is -1.99. The van der Waals surface area contributed by atoms with Crippen LogP contribution in [0.3, 0.4) is 0 Å². The third-order valence-corrected chi connectivity index (χ3v) is 2.53. The maximum atomic E-state index is 11.3. The molecule has 13 heavy (non-hydrogen) atoms. The van der Waals surface area contributed by atoms with Gasteiger partial charge in [0.05, 0.1) is 21.3 Å². The van der Waals surface area contributed by atoms with Crippen molar-refractivity contribution in [3.8, 4) is 0 Å². The summed E-state index contributed by atoms with van der Waals surface area (Å²) in [7, 11) is 5.04. The van der Waals surface area contributed by atoms with Crippen molar-refractivity contribution in [1.29, 1.82) is 0 Å². The van der Waals surface area contributed by atoms with Gasteiger partial charge in [-0.2, -0.15) is 0 Å². The molecule has 2 radical (unpaired) electrons. The first-order chi connectivity index (χ1) is 6.33. The van der Waals surface area contributed by atoms with E-state index < -0.39 is 0 Å². The number of amides is 1. The molecule has 2 aromatic rings. The second-order valence-corrected chi connectivity index (χ2v) is 3.36. The van der Waals surface area contributed by atoms with Crippen LogP contribution < -0.4 is 5.23 Å². The standard InChI is InChI=1S/C8H5BN2OS/c9-11-8(12)5-2-1-3-6-7(5)10-4-13-6/h1-4H,(H,11,12). The van der Waals surface area contributed by atoms with Gasteiger partial charge in [-0.3, -0.25) is 4.79 Å². The lowest BCUT2D eigenvalue weighted by atomic mass is 10.1. The largest absolute Gasteiger partial charge is 0.405 e. The molecule has 5 heteroatoms. The molecule has 0 saturated carbocycles. The molecular weight excluding hydrogens is 183 g/mol. The van der Waals surface area contributed by atoms with Crippen molar-refractivity contribution in [2.45, 2.75) is 0 Å². The molecule has 0 fully saturated rings. The fraction of sp³-hybridized carbons (Fsp3) is 0. The number of hydrogen-bond acceptors (Lipinski definition) is 3. The van der Waals surface area contributed by atoms with Crippen LogP contribution in [0.2, 0.25) is 0 Å². The molecule has 1 aromatic carbocycles. The Morgan fingerprint density at radius 2 is 2.38 bits per heavy atom. The van der Waals surface area contributed by atoms with E-state index in [4.69, 9.17) is 7.98 Å². The van der Waals surface area contributed by atoms with Crippen LogP contribution in [0.1, 0.15) is 10.4 Å². The summed E-state index contributed by atoms with van der Waals surface area (Å²) in [5.41, 5.74) is 2.93. The molecule has 1 amide bonds. The molecule has 1 heterocycles. The van der Waals surface area contributed by atoms with E-state index in [-0.39, 0.29) is 5.91 Å². The summed E-state index contributed by atoms with van der Waals surface area (Å²) < 4.78 is 0.987. The van der Waals surface area contributed by atoms with Gasteiger partial charge in [0.15, 0.2) is 0 Å². The fourth-order valence-electron chi connectivity index (χ4n) is 1.15. The van der Waals surface area contributed by atoms with Crippen LogP contribution in [-0.2, 0) is 0 Å². The predicted octanol–water partition coefficient (Wildman–Crippen LogP) is 1.11. The Balaban J connectivity index is 2.67. The van der Waals surface area contributed by atoms with Crippen molar-refractivity contribution in [2.24, 2.45) is 0 Å². The molecule has 0 unspecified atom stereocenters. The molecular formula is C8H5BN2OS. The summed E-state index contributed by atoms with van der Waals surface area (Å²) in [6.45, 7) is 0. The Kier molecular flexibility index (Phi) is 2.02. The monoisotopic (exact) mass is 188 g/mol. The Hall–Kier alpha value is -1.36. The third kappa shape index (κ3) is 1.31. The van der Waals surface area contributed by atoms with E-state index in [2.05, 4.69) is 10.2 Å². The van der Waals surface area contributed by atoms with Gasteiger partial charge in [0, 0.05) is 0 Å². The zero-order chi connectivity index (χ0) is 9.26. The minimum Gasteiger partial charge on any atom is -0.405 e. The molecule has 2 rings (SSSR count). The number of thiazole rings is 1. The molecule has 62 valence electrons. The number of nitrogens with one attached hydrogen (secondary N) is 1. The van der Waals surface area contributed by atoms with Crippen molar-refractivity contribution in [3.63, 3.8) is 0 Å². The quantitative estimate of drug-likeness (QED) is 0.681. The van der Waals surface area contributed by atoms with E-state index in [1.807, 2.05) is 12.1 Å². The Labute approximate surface area is 80.2 Å². The summed E-state index contributed by atoms with van der Waals surface area (Å²) in [4.78, 5) is 15.3. The van der Waals surface area contributed by atoms with Gasteiger partial charge in [0.2, 0.25) is 13.9 Å². The average Bonchev–Trinajstić information content (AvgIpc) is 2.63. The van der Waals surface area contributed by atoms with E-state index in [0.717, 1.165) is 4.70 Å². The van der Waals surface area contributed by atoms with Crippen molar-refractivity contribution >= 4 is 35.4 Å². The van der Waals surface area contributed by atoms with Gasteiger partial charge in [-0.1, -0.05) is 6.07 Å². The topological polar surface area (TPSA) is 42.0 Å². The molecule has 0 spiro atoms. The van der Waals surface area contributed by atoms with Crippen LogP contribution in [-0.4, -0.2) is 18.9 Å². The van der Waals surface area contributed by atoms with Crippen molar-refractivity contribution in [2.75, 3.05) is 0 Å². The Morgan fingerprint density at radius 3 is 3.15 bits per heavy atom. The maximum absolute atomic E-state index is 11.3. The summed E-state index contributed by atoms with van der Waals surface area (Å²) in [5.74, 6) is -0.309. The van der Waals surface area contributed by atoms with Gasteiger partial charge < -0.3 is 5.23 Å². The molecule has 3 nitrogen and oxygen atoms in total. The summed E-state index contributed by atoms with van der Waals surface area (Å²) >= 11 is 1.50. The highest BCUT2D eigenvalue weighted by Gasteiger charge is 2.08. The van der Waals surface area contributed by atoms with Gasteiger partial charge in [0.1, 0.15) is 0 Å². The number of aromatic nitrogens is 1. The van der Waals surface area contributed by atoms with Crippen molar-refractivity contribution in [3.05, 3.63) is 29.3 Å². The van der Waals surface area contributed by atoms with Crippen LogP contribution in [0.15, 0.2) is 23.7 Å². The number of hydrogen-bond donors (Lipinski definition) is 1. The van der Waals surface area contributed by atoms with E-state index in [1.165, 1.54) is 11.3 Å². The number of para-hydroxylation sites is 1. The molecule has 0 saturated heterocycles. The highest BCUT2D eigenvalue weighted by molar-refractivity contribution is 7.16. The summed E-state index contributed by atoms with van der Waals surface area (Å²) in [6.07, 6.45) is 0. The number of fused-ring (bicyclic) bond motifs is 1. The minimum absolute atomic E-state index is 0.309. The zero-order valence-electron chi connectivity index (χ0n) is 6.65. The minimum atomic E-state index is -0.309. The van der Waals surface area contributed by atoms with E-state index in [9.17, 15) is 4.79 Å². The predicted molar refractivity (Wildman–Crippen MR) is 52.8 cm³/mol. The molecule has 0 bridgehead atoms. The first-order valence-electron chi connectivity index (χ1n) is 3.66. The Bertz CT molecular complexity index is 454. The van der Waals surface area contributed by atoms with E-state index in [0.29, 0.717) is 11.1 Å². The van der Waals surface area contributed by atoms with Gasteiger partial charge in [-0.05, 0) is 12.1 Å².